The van der Waals surface area contributed by atoms with Gasteiger partial charge in [0.05, 0.1) is 17.7 Å². The number of aromatic nitrogens is 3. The fraction of sp³-hybridized carbons (Fsp3) is 0.100. The molecule has 6 nitrogen and oxygen atoms in total. The number of halogens is 2. The maximum Gasteiger partial charge on any atom is 0.274 e. The number of fused-ring (bicyclic) bond motifs is 1. The first-order valence-electron chi connectivity index (χ1n) is 8.82. The van der Waals surface area contributed by atoms with E-state index >= 15 is 0 Å². The number of rotatable bonds is 6. The second-order valence-corrected chi connectivity index (χ2v) is 7.50. The highest BCUT2D eigenvalue weighted by Gasteiger charge is 2.17. The third-order valence-electron chi connectivity index (χ3n) is 4.52. The summed E-state index contributed by atoms with van der Waals surface area (Å²) < 4.78 is 36.2. The highest BCUT2D eigenvalue weighted by Crippen LogP contribution is 2.30. The Balaban J connectivity index is 1.69. The van der Waals surface area contributed by atoms with E-state index in [-0.39, 0.29) is 36.7 Å². The van der Waals surface area contributed by atoms with Gasteiger partial charge in [0.1, 0.15) is 29.5 Å². The quantitative estimate of drug-likeness (QED) is 0.434. The number of nitrogens with two attached hydrogens (primary N) is 1. The third-order valence-corrected chi connectivity index (χ3v) is 5.35. The van der Waals surface area contributed by atoms with E-state index < -0.39 is 5.82 Å². The predicted molar refractivity (Wildman–Crippen MR) is 116 cm³/mol. The number of nitrogens with zero attached hydrogens (tertiary/aromatic N) is 3. The molecule has 10 heteroatoms. The Morgan fingerprint density at radius 1 is 1.20 bits per heavy atom. The van der Waals surface area contributed by atoms with Crippen LogP contribution in [0.1, 0.15) is 11.4 Å². The highest BCUT2D eigenvalue weighted by atomic mass is 32.2. The van der Waals surface area contributed by atoms with Gasteiger partial charge in [0.15, 0.2) is 12.3 Å². The molecule has 30 heavy (non-hydrogen) atoms. The van der Waals surface area contributed by atoms with Crippen molar-refractivity contribution in [2.75, 3.05) is 5.73 Å². The second-order valence-electron chi connectivity index (χ2n) is 6.48. The van der Waals surface area contributed by atoms with Crippen molar-refractivity contribution in [3.63, 3.8) is 0 Å². The average molecular weight is 447 g/mol. The number of ether oxygens (including phenoxy) is 1. The number of thiol groups is 1. The fourth-order valence-corrected chi connectivity index (χ4v) is 3.62. The van der Waals surface area contributed by atoms with Crippen molar-refractivity contribution in [1.29, 1.82) is 0 Å². The molecule has 0 unspecified atom stereocenters. The zero-order valence-electron chi connectivity index (χ0n) is 15.5. The zero-order chi connectivity index (χ0) is 21.3. The van der Waals surface area contributed by atoms with Gasteiger partial charge < -0.3 is 15.0 Å². The summed E-state index contributed by atoms with van der Waals surface area (Å²) in [5, 5.41) is 0. The van der Waals surface area contributed by atoms with Gasteiger partial charge in [-0.2, -0.15) is 0 Å². The minimum atomic E-state index is -0.429. The molecule has 0 fully saturated rings. The van der Waals surface area contributed by atoms with Gasteiger partial charge in [-0.25, -0.2) is 13.3 Å². The first-order chi connectivity index (χ1) is 14.5. The lowest BCUT2D eigenvalue weighted by Gasteiger charge is -2.08. The van der Waals surface area contributed by atoms with Gasteiger partial charge in [0.25, 0.3) is 5.56 Å². The van der Waals surface area contributed by atoms with Crippen LogP contribution < -0.4 is 16.0 Å². The van der Waals surface area contributed by atoms with E-state index in [1.54, 1.807) is 42.6 Å². The molecule has 0 aliphatic heterocycles. The van der Waals surface area contributed by atoms with Gasteiger partial charge in [-0.1, -0.05) is 12.1 Å². The molecule has 2 heterocycles. The Morgan fingerprint density at radius 2 is 2.03 bits per heavy atom. The van der Waals surface area contributed by atoms with Crippen molar-refractivity contribution < 1.29 is 13.0 Å². The summed E-state index contributed by atoms with van der Waals surface area (Å²) in [5.41, 5.74) is 6.60. The van der Waals surface area contributed by atoms with Crippen molar-refractivity contribution in [2.45, 2.75) is 18.0 Å². The van der Waals surface area contributed by atoms with Crippen LogP contribution in [-0.4, -0.2) is 13.5 Å². The Kier molecular flexibility index (Phi) is 5.69. The van der Waals surface area contributed by atoms with Crippen LogP contribution in [0.5, 0.6) is 5.75 Å². The molecule has 0 radical (unpaired) electrons. The molecule has 4 rings (SSSR count). The van der Waals surface area contributed by atoms with E-state index in [4.69, 9.17) is 10.5 Å². The van der Waals surface area contributed by atoms with Crippen molar-refractivity contribution >= 4 is 41.7 Å². The van der Waals surface area contributed by atoms with Crippen LogP contribution in [0.2, 0.25) is 0 Å². The van der Waals surface area contributed by atoms with Gasteiger partial charge in [-0.05, 0) is 36.4 Å². The van der Waals surface area contributed by atoms with E-state index in [0.717, 1.165) is 0 Å². The summed E-state index contributed by atoms with van der Waals surface area (Å²) in [5.74, 6) is 0.240. The van der Waals surface area contributed by atoms with E-state index in [1.807, 2.05) is 0 Å². The minimum absolute atomic E-state index is 0.0208. The molecule has 2 aromatic heterocycles. The van der Waals surface area contributed by atoms with Gasteiger partial charge in [-0.15, -0.1) is 16.5 Å². The summed E-state index contributed by atoms with van der Waals surface area (Å²) in [6.45, 7) is -0.00834. The first kappa shape index (κ1) is 20.3. The fourth-order valence-electron chi connectivity index (χ4n) is 3.03. The summed E-state index contributed by atoms with van der Waals surface area (Å²) in [6, 6.07) is 12.7. The summed E-state index contributed by atoms with van der Waals surface area (Å²) >= 11 is 4.07. The largest absolute Gasteiger partial charge is 0.486 e. The molecule has 4 aromatic rings. The van der Waals surface area contributed by atoms with Crippen molar-refractivity contribution in [1.82, 2.24) is 13.5 Å². The lowest BCUT2D eigenvalue weighted by atomic mass is 10.2. The summed E-state index contributed by atoms with van der Waals surface area (Å²) in [4.78, 5) is 17.2. The number of para-hydroxylation sites is 1. The highest BCUT2D eigenvalue weighted by molar-refractivity contribution is 7.93. The maximum atomic E-state index is 14.1. The number of pyridine rings is 1. The normalized spacial score (nSPS) is 11.2. The van der Waals surface area contributed by atoms with Crippen LogP contribution in [0.4, 0.5) is 14.0 Å². The molecular formula is C20H16F2N4O2S2. The lowest BCUT2D eigenvalue weighted by molar-refractivity contribution is 0.303. The molecule has 0 spiro atoms. The van der Waals surface area contributed by atoms with Crippen LogP contribution >= 0.6 is 25.0 Å². The third kappa shape index (κ3) is 3.88. The maximum absolute atomic E-state index is 14.1. The summed E-state index contributed by atoms with van der Waals surface area (Å²) in [6.07, 6.45) is 1.55. The Hall–Kier alpha value is -2.98. The molecule has 0 saturated heterocycles. The first-order valence-corrected chi connectivity index (χ1v) is 9.94. The van der Waals surface area contributed by atoms with Crippen LogP contribution in [0.25, 0.3) is 11.0 Å². The number of anilines is 1. The average Bonchev–Trinajstić information content (AvgIpc) is 3.08. The van der Waals surface area contributed by atoms with Gasteiger partial charge in [0, 0.05) is 16.7 Å². The van der Waals surface area contributed by atoms with Crippen LogP contribution in [0.15, 0.2) is 64.4 Å². The van der Waals surface area contributed by atoms with Gasteiger partial charge in [-0.3, -0.25) is 4.79 Å². The molecule has 2 N–H and O–H groups in total. The smallest absolute Gasteiger partial charge is 0.274 e. The Morgan fingerprint density at radius 3 is 2.80 bits per heavy atom. The molecule has 154 valence electrons. The molecule has 0 bridgehead atoms. The SMILES string of the molecule is Nc1cccn(Cc2nc3c(OCc4ccc(S)cc4F)cccc3n2SF)c1=O. The number of hydrogen-bond acceptors (Lipinski definition) is 6. The van der Waals surface area contributed by atoms with Crippen LogP contribution in [0.3, 0.4) is 0 Å². The molecule has 0 saturated carbocycles. The minimum Gasteiger partial charge on any atom is -0.486 e. The lowest BCUT2D eigenvalue weighted by Crippen LogP contribution is -2.23. The number of benzene rings is 2. The van der Waals surface area contributed by atoms with E-state index in [1.165, 1.54) is 20.7 Å². The van der Waals surface area contributed by atoms with Gasteiger partial charge >= 0.3 is 0 Å². The van der Waals surface area contributed by atoms with Crippen molar-refractivity contribution in [3.05, 3.63) is 82.3 Å². The molecular weight excluding hydrogens is 430 g/mol. The molecule has 0 atom stereocenters. The Labute approximate surface area is 180 Å². The van der Waals surface area contributed by atoms with E-state index in [0.29, 0.717) is 33.1 Å². The number of imidazole rings is 1. The summed E-state index contributed by atoms with van der Waals surface area (Å²) in [7, 11) is 0. The standard InChI is InChI=1S/C20H16F2N4O2S2/c21-14-9-13(29)7-6-12(14)11-28-17-5-1-4-16-19(17)24-18(26(16)30-22)10-25-8-2-3-15(23)20(25)27/h1-9,29H,10-11,23H2. The van der Waals surface area contributed by atoms with Gasteiger partial charge in [0.2, 0.25) is 0 Å². The zero-order valence-corrected chi connectivity index (χ0v) is 17.2. The van der Waals surface area contributed by atoms with Crippen molar-refractivity contribution in [2.24, 2.45) is 0 Å². The van der Waals surface area contributed by atoms with Crippen molar-refractivity contribution in [3.8, 4) is 5.75 Å². The predicted octanol–water partition coefficient (Wildman–Crippen LogP) is 4.22. The molecule has 0 aliphatic rings. The van der Waals surface area contributed by atoms with E-state index in [9.17, 15) is 13.1 Å². The second kappa shape index (κ2) is 8.41. The topological polar surface area (TPSA) is 75.1 Å². The van der Waals surface area contributed by atoms with Crippen LogP contribution in [-0.2, 0) is 13.2 Å². The molecule has 0 amide bonds. The van der Waals surface area contributed by atoms with E-state index in [2.05, 4.69) is 17.6 Å². The Bertz CT molecular complexity index is 1290. The molecule has 2 aromatic carbocycles. The van der Waals surface area contributed by atoms with Crippen LogP contribution in [0, 0.1) is 5.82 Å². The number of hydrogen-bond donors (Lipinski definition) is 2. The number of nitrogen functional groups attached to an aromatic ring is 1. The monoisotopic (exact) mass is 446 g/mol. The molecule has 0 aliphatic carbocycles.